The minimum Gasteiger partial charge on any atom is -0.493 e. The molecule has 1 N–H and O–H groups in total. The van der Waals surface area contributed by atoms with Crippen molar-refractivity contribution in [1.29, 1.82) is 0 Å². The molecule has 3 aromatic rings. The molecule has 3 amide bonds. The van der Waals surface area contributed by atoms with Gasteiger partial charge in [-0.05, 0) is 87.3 Å². The van der Waals surface area contributed by atoms with E-state index in [2.05, 4.69) is 10.2 Å². The molecular formula is C31H39FN4O5. The van der Waals surface area contributed by atoms with Crippen LogP contribution in [0.2, 0.25) is 0 Å². The number of hydrogen-bond acceptors (Lipinski definition) is 6. The molecule has 41 heavy (non-hydrogen) atoms. The second kappa shape index (κ2) is 14.5. The lowest BCUT2D eigenvalue weighted by Crippen LogP contribution is -2.47. The SMILES string of the molecule is COc1ccc(CCN(Cc2ccc(C)o2)C(=O)CN(CCN2CCCC2)C(=O)Nc2cccc(F)c2)cc1OC. The summed E-state index contributed by atoms with van der Waals surface area (Å²) in [7, 11) is 3.17. The van der Waals surface area contributed by atoms with E-state index in [1.807, 2.05) is 37.3 Å². The summed E-state index contributed by atoms with van der Waals surface area (Å²) >= 11 is 0. The van der Waals surface area contributed by atoms with Crippen LogP contribution in [-0.4, -0.2) is 80.1 Å². The van der Waals surface area contributed by atoms with Crippen molar-refractivity contribution in [2.24, 2.45) is 0 Å². The first-order valence-electron chi connectivity index (χ1n) is 13.9. The van der Waals surface area contributed by atoms with Crippen molar-refractivity contribution in [2.75, 3.05) is 58.8 Å². The molecule has 220 valence electrons. The zero-order chi connectivity index (χ0) is 29.2. The van der Waals surface area contributed by atoms with E-state index in [1.54, 1.807) is 25.2 Å². The van der Waals surface area contributed by atoms with Crippen molar-refractivity contribution in [3.05, 3.63) is 77.5 Å². The van der Waals surface area contributed by atoms with Crippen LogP contribution >= 0.6 is 0 Å². The molecule has 1 aliphatic heterocycles. The number of benzene rings is 2. The Morgan fingerprint density at radius 3 is 2.44 bits per heavy atom. The molecule has 0 radical (unpaired) electrons. The number of nitrogens with zero attached hydrogens (tertiary/aromatic N) is 3. The van der Waals surface area contributed by atoms with Gasteiger partial charge in [-0.2, -0.15) is 0 Å². The van der Waals surface area contributed by atoms with Crippen molar-refractivity contribution in [3.8, 4) is 11.5 Å². The first kappa shape index (κ1) is 29.9. The van der Waals surface area contributed by atoms with E-state index in [1.165, 1.54) is 23.1 Å². The first-order valence-corrected chi connectivity index (χ1v) is 13.9. The summed E-state index contributed by atoms with van der Waals surface area (Å²) in [6.45, 7) is 5.38. The minimum atomic E-state index is -0.447. The third-order valence-electron chi connectivity index (χ3n) is 7.19. The van der Waals surface area contributed by atoms with Gasteiger partial charge in [-0.3, -0.25) is 4.79 Å². The zero-order valence-corrected chi connectivity index (χ0v) is 24.0. The fraction of sp³-hybridized carbons (Fsp3) is 0.419. The second-order valence-electron chi connectivity index (χ2n) is 10.2. The van der Waals surface area contributed by atoms with Gasteiger partial charge in [0.05, 0.1) is 20.8 Å². The second-order valence-corrected chi connectivity index (χ2v) is 10.2. The molecule has 2 heterocycles. The highest BCUT2D eigenvalue weighted by atomic mass is 19.1. The van der Waals surface area contributed by atoms with Crippen LogP contribution in [0.1, 0.15) is 29.9 Å². The number of methoxy groups -OCH3 is 2. The highest BCUT2D eigenvalue weighted by Crippen LogP contribution is 2.28. The third-order valence-corrected chi connectivity index (χ3v) is 7.19. The van der Waals surface area contributed by atoms with Gasteiger partial charge in [0.15, 0.2) is 11.5 Å². The van der Waals surface area contributed by atoms with Gasteiger partial charge in [0.1, 0.15) is 23.9 Å². The van der Waals surface area contributed by atoms with Crippen LogP contribution in [0.4, 0.5) is 14.9 Å². The van der Waals surface area contributed by atoms with Crippen molar-refractivity contribution < 1.29 is 27.9 Å². The van der Waals surface area contributed by atoms with Crippen LogP contribution in [0.3, 0.4) is 0 Å². The van der Waals surface area contributed by atoms with Crippen molar-refractivity contribution in [1.82, 2.24) is 14.7 Å². The lowest BCUT2D eigenvalue weighted by Gasteiger charge is -2.29. The molecule has 10 heteroatoms. The maximum absolute atomic E-state index is 13.8. The number of nitrogens with one attached hydrogen (secondary N) is 1. The molecule has 0 aliphatic carbocycles. The van der Waals surface area contributed by atoms with Gasteiger partial charge in [0.2, 0.25) is 5.91 Å². The molecule has 1 saturated heterocycles. The molecule has 0 unspecified atom stereocenters. The molecule has 0 spiro atoms. The topological polar surface area (TPSA) is 87.5 Å². The van der Waals surface area contributed by atoms with Crippen molar-refractivity contribution in [2.45, 2.75) is 32.7 Å². The Morgan fingerprint density at radius 2 is 1.76 bits per heavy atom. The van der Waals surface area contributed by atoms with Gasteiger partial charge in [-0.1, -0.05) is 12.1 Å². The quantitative estimate of drug-likeness (QED) is 0.315. The van der Waals surface area contributed by atoms with Crippen LogP contribution < -0.4 is 14.8 Å². The van der Waals surface area contributed by atoms with Gasteiger partial charge >= 0.3 is 6.03 Å². The van der Waals surface area contributed by atoms with E-state index in [9.17, 15) is 14.0 Å². The summed E-state index contributed by atoms with van der Waals surface area (Å²) in [6.07, 6.45) is 2.82. The van der Waals surface area contributed by atoms with Crippen LogP contribution in [0.15, 0.2) is 59.0 Å². The fourth-order valence-corrected chi connectivity index (χ4v) is 4.90. The number of carbonyl (C=O) groups excluding carboxylic acids is 2. The maximum atomic E-state index is 13.8. The van der Waals surface area contributed by atoms with Gasteiger partial charge in [-0.15, -0.1) is 0 Å². The number of anilines is 1. The maximum Gasteiger partial charge on any atom is 0.322 e. The molecule has 0 atom stereocenters. The van der Waals surface area contributed by atoms with E-state index in [0.717, 1.165) is 37.3 Å². The highest BCUT2D eigenvalue weighted by molar-refractivity contribution is 5.92. The standard InChI is InChI=1S/C31H39FN4O5/c1-23-9-11-27(41-23)21-35(16-13-24-10-12-28(39-2)29(19-24)40-3)30(37)22-36(18-17-34-14-4-5-15-34)31(38)33-26-8-6-7-25(32)20-26/h6-12,19-20H,4-5,13-18,21-22H2,1-3H3,(H,33,38). The van der Waals surface area contributed by atoms with Crippen molar-refractivity contribution >= 4 is 17.6 Å². The number of furan rings is 1. The summed E-state index contributed by atoms with van der Waals surface area (Å²) < 4.78 is 30.3. The van der Waals surface area contributed by atoms with Crippen LogP contribution in [0.25, 0.3) is 0 Å². The Hall–Kier alpha value is -4.05. The van der Waals surface area contributed by atoms with Gasteiger partial charge in [0.25, 0.3) is 0 Å². The molecule has 2 aromatic carbocycles. The molecule has 1 aromatic heterocycles. The number of ether oxygens (including phenoxy) is 2. The minimum absolute atomic E-state index is 0.124. The number of carbonyl (C=O) groups is 2. The summed E-state index contributed by atoms with van der Waals surface area (Å²) in [5, 5.41) is 2.75. The normalized spacial score (nSPS) is 13.2. The van der Waals surface area contributed by atoms with E-state index in [4.69, 9.17) is 13.9 Å². The number of likely N-dealkylation sites (tertiary alicyclic amines) is 1. The Kier molecular flexibility index (Phi) is 10.6. The lowest BCUT2D eigenvalue weighted by molar-refractivity contribution is -0.132. The number of urea groups is 1. The van der Waals surface area contributed by atoms with Gasteiger partial charge in [0, 0.05) is 25.3 Å². The third kappa shape index (κ3) is 8.72. The summed E-state index contributed by atoms with van der Waals surface area (Å²) in [5.41, 5.74) is 1.32. The summed E-state index contributed by atoms with van der Waals surface area (Å²) in [4.78, 5) is 32.6. The van der Waals surface area contributed by atoms with Gasteiger partial charge in [-0.25, -0.2) is 9.18 Å². The summed E-state index contributed by atoms with van der Waals surface area (Å²) in [6, 6.07) is 14.7. The average Bonchev–Trinajstić information content (AvgIpc) is 3.64. The average molecular weight is 567 g/mol. The van der Waals surface area contributed by atoms with E-state index in [0.29, 0.717) is 49.0 Å². The predicted octanol–water partition coefficient (Wildman–Crippen LogP) is 4.95. The predicted molar refractivity (Wildman–Crippen MR) is 155 cm³/mol. The monoisotopic (exact) mass is 566 g/mol. The molecule has 9 nitrogen and oxygen atoms in total. The Labute approximate surface area is 240 Å². The van der Waals surface area contributed by atoms with Gasteiger partial charge < -0.3 is 33.9 Å². The Balaban J connectivity index is 1.49. The fourth-order valence-electron chi connectivity index (χ4n) is 4.90. The molecule has 1 fully saturated rings. The lowest BCUT2D eigenvalue weighted by atomic mass is 10.1. The van der Waals surface area contributed by atoms with Crippen LogP contribution in [0, 0.1) is 12.7 Å². The van der Waals surface area contributed by atoms with Crippen LogP contribution in [-0.2, 0) is 17.8 Å². The smallest absolute Gasteiger partial charge is 0.322 e. The molecule has 0 bridgehead atoms. The van der Waals surface area contributed by atoms with E-state index >= 15 is 0 Å². The summed E-state index contributed by atoms with van der Waals surface area (Å²) in [5.74, 6) is 2.01. The Morgan fingerprint density at radius 1 is 0.976 bits per heavy atom. The number of aryl methyl sites for hydroxylation is 1. The largest absolute Gasteiger partial charge is 0.493 e. The molecule has 0 saturated carbocycles. The van der Waals surface area contributed by atoms with E-state index < -0.39 is 11.8 Å². The Bertz CT molecular complexity index is 1310. The first-order chi connectivity index (χ1) is 19.8. The number of halogens is 1. The van der Waals surface area contributed by atoms with E-state index in [-0.39, 0.29) is 19.0 Å². The zero-order valence-electron chi connectivity index (χ0n) is 24.0. The highest BCUT2D eigenvalue weighted by Gasteiger charge is 2.24. The molecule has 1 aliphatic rings. The number of rotatable bonds is 13. The number of hydrogen-bond donors (Lipinski definition) is 1. The van der Waals surface area contributed by atoms with Crippen LogP contribution in [0.5, 0.6) is 11.5 Å². The number of amides is 3. The van der Waals surface area contributed by atoms with Crippen molar-refractivity contribution in [3.63, 3.8) is 0 Å². The molecule has 4 rings (SSSR count). The molecular weight excluding hydrogens is 527 g/mol.